The summed E-state index contributed by atoms with van der Waals surface area (Å²) in [7, 11) is 0. The van der Waals surface area contributed by atoms with Gasteiger partial charge in [0.25, 0.3) is 5.69 Å². The van der Waals surface area contributed by atoms with Crippen molar-refractivity contribution in [1.82, 2.24) is 4.98 Å². The van der Waals surface area contributed by atoms with Gasteiger partial charge < -0.3 is 5.73 Å². The van der Waals surface area contributed by atoms with E-state index in [1.165, 1.54) is 11.3 Å². The predicted octanol–water partition coefficient (Wildman–Crippen LogP) is 3.45. The predicted molar refractivity (Wildman–Crippen MR) is 83.3 cm³/mol. The molecule has 3 aromatic rings. The first-order chi connectivity index (χ1) is 10.2. The molecule has 0 aliphatic carbocycles. The minimum Gasteiger partial charge on any atom is -0.324 e. The maximum absolute atomic E-state index is 11.4. The molecule has 0 bridgehead atoms. The van der Waals surface area contributed by atoms with E-state index in [0.717, 1.165) is 10.3 Å². The Bertz CT molecular complexity index is 786. The van der Waals surface area contributed by atoms with Crippen LogP contribution in [0.15, 0.2) is 48.0 Å². The normalized spacial score (nSPS) is 12.4. The molecular weight excluding hydrogens is 286 g/mol. The van der Waals surface area contributed by atoms with Crippen molar-refractivity contribution >= 4 is 27.2 Å². The standard InChI is InChI=1S/C15H13N3O2S/c16-12(10-4-2-1-3-5-10)8-11-6-7-13-14(17-9-21-13)15(11)18(19)20/h1-7,9,12H,8,16H2. The van der Waals surface area contributed by atoms with E-state index in [0.29, 0.717) is 17.5 Å². The van der Waals surface area contributed by atoms with Crippen molar-refractivity contribution < 1.29 is 4.92 Å². The molecular formula is C15H13N3O2S. The summed E-state index contributed by atoms with van der Waals surface area (Å²) in [6.45, 7) is 0. The highest BCUT2D eigenvalue weighted by atomic mass is 32.1. The van der Waals surface area contributed by atoms with E-state index in [1.807, 2.05) is 36.4 Å². The van der Waals surface area contributed by atoms with Gasteiger partial charge in [0, 0.05) is 11.6 Å². The number of hydrogen-bond donors (Lipinski definition) is 1. The number of rotatable bonds is 4. The van der Waals surface area contributed by atoms with Crippen molar-refractivity contribution in [3.8, 4) is 0 Å². The monoisotopic (exact) mass is 299 g/mol. The average molecular weight is 299 g/mol. The minimum absolute atomic E-state index is 0.0696. The lowest BCUT2D eigenvalue weighted by atomic mass is 9.98. The maximum atomic E-state index is 11.4. The van der Waals surface area contributed by atoms with Crippen molar-refractivity contribution in [2.75, 3.05) is 0 Å². The van der Waals surface area contributed by atoms with Gasteiger partial charge in [-0.25, -0.2) is 4.98 Å². The van der Waals surface area contributed by atoms with Gasteiger partial charge in [0.1, 0.15) is 0 Å². The number of benzene rings is 2. The fourth-order valence-corrected chi connectivity index (χ4v) is 3.06. The van der Waals surface area contributed by atoms with Crippen LogP contribution in [0.3, 0.4) is 0 Å². The number of hydrogen-bond acceptors (Lipinski definition) is 5. The highest BCUT2D eigenvalue weighted by molar-refractivity contribution is 7.16. The first-order valence-electron chi connectivity index (χ1n) is 6.47. The molecule has 0 spiro atoms. The number of nitrogens with two attached hydrogens (primary N) is 1. The van der Waals surface area contributed by atoms with Crippen molar-refractivity contribution in [3.05, 3.63) is 69.2 Å². The molecule has 21 heavy (non-hydrogen) atoms. The lowest BCUT2D eigenvalue weighted by Gasteiger charge is -2.12. The van der Waals surface area contributed by atoms with E-state index in [-0.39, 0.29) is 16.7 Å². The second kappa shape index (κ2) is 5.59. The van der Waals surface area contributed by atoms with Crippen LogP contribution in [0.2, 0.25) is 0 Å². The Labute approximate surface area is 125 Å². The zero-order valence-corrected chi connectivity index (χ0v) is 11.9. The smallest absolute Gasteiger partial charge is 0.299 e. The second-order valence-electron chi connectivity index (χ2n) is 4.75. The summed E-state index contributed by atoms with van der Waals surface area (Å²) in [6, 6.07) is 13.0. The molecule has 0 saturated carbocycles. The van der Waals surface area contributed by atoms with Crippen LogP contribution >= 0.6 is 11.3 Å². The summed E-state index contributed by atoms with van der Waals surface area (Å²) in [5, 5.41) is 11.4. The molecule has 0 radical (unpaired) electrons. The van der Waals surface area contributed by atoms with Crippen molar-refractivity contribution in [3.63, 3.8) is 0 Å². The van der Waals surface area contributed by atoms with Gasteiger partial charge in [0.2, 0.25) is 0 Å². The Morgan fingerprint density at radius 3 is 2.71 bits per heavy atom. The number of thiazole rings is 1. The van der Waals surface area contributed by atoms with E-state index in [9.17, 15) is 10.1 Å². The molecule has 2 N–H and O–H groups in total. The van der Waals surface area contributed by atoms with Crippen molar-refractivity contribution in [1.29, 1.82) is 0 Å². The Balaban J connectivity index is 2.00. The summed E-state index contributed by atoms with van der Waals surface area (Å²) in [5.74, 6) is 0. The molecule has 0 amide bonds. The van der Waals surface area contributed by atoms with Gasteiger partial charge in [-0.1, -0.05) is 36.4 Å². The largest absolute Gasteiger partial charge is 0.324 e. The number of aromatic nitrogens is 1. The van der Waals surface area contributed by atoms with Gasteiger partial charge in [-0.3, -0.25) is 10.1 Å². The van der Waals surface area contributed by atoms with Crippen LogP contribution in [0.25, 0.3) is 10.2 Å². The van der Waals surface area contributed by atoms with Crippen LogP contribution < -0.4 is 5.73 Å². The van der Waals surface area contributed by atoms with Crippen LogP contribution in [0, 0.1) is 10.1 Å². The molecule has 106 valence electrons. The molecule has 0 fully saturated rings. The van der Waals surface area contributed by atoms with Crippen LogP contribution in [0.1, 0.15) is 17.2 Å². The fourth-order valence-electron chi connectivity index (χ4n) is 2.38. The van der Waals surface area contributed by atoms with E-state index < -0.39 is 0 Å². The molecule has 0 saturated heterocycles. The summed E-state index contributed by atoms with van der Waals surface area (Å²) in [5.41, 5.74) is 9.90. The SMILES string of the molecule is NC(Cc1ccc2scnc2c1[N+](=O)[O-])c1ccccc1. The maximum Gasteiger partial charge on any atom is 0.299 e. The van der Waals surface area contributed by atoms with Crippen LogP contribution in [-0.4, -0.2) is 9.91 Å². The van der Waals surface area contributed by atoms with Crippen LogP contribution in [0.4, 0.5) is 5.69 Å². The molecule has 5 nitrogen and oxygen atoms in total. The number of nitrogens with zero attached hydrogens (tertiary/aromatic N) is 2. The molecule has 2 aromatic carbocycles. The van der Waals surface area contributed by atoms with Crippen molar-refractivity contribution in [2.24, 2.45) is 5.73 Å². The fraction of sp³-hybridized carbons (Fsp3) is 0.133. The average Bonchev–Trinajstić information content (AvgIpc) is 2.95. The third kappa shape index (κ3) is 2.63. The van der Waals surface area contributed by atoms with Crippen LogP contribution in [0.5, 0.6) is 0 Å². The Hall–Kier alpha value is -2.31. The van der Waals surface area contributed by atoms with E-state index in [4.69, 9.17) is 5.73 Å². The Kier molecular flexibility index (Phi) is 3.64. The van der Waals surface area contributed by atoms with Gasteiger partial charge in [-0.2, -0.15) is 0 Å². The third-order valence-electron chi connectivity index (χ3n) is 3.41. The molecule has 1 aromatic heterocycles. The van der Waals surface area contributed by atoms with E-state index in [1.54, 1.807) is 11.6 Å². The van der Waals surface area contributed by atoms with Gasteiger partial charge in [-0.15, -0.1) is 11.3 Å². The molecule has 3 rings (SSSR count). The molecule has 1 atom stereocenters. The summed E-state index contributed by atoms with van der Waals surface area (Å²) in [6.07, 6.45) is 0.411. The van der Waals surface area contributed by atoms with Gasteiger partial charge in [-0.05, 0) is 18.1 Å². The Morgan fingerprint density at radius 2 is 2.00 bits per heavy atom. The Morgan fingerprint density at radius 1 is 1.24 bits per heavy atom. The van der Waals surface area contributed by atoms with E-state index >= 15 is 0 Å². The first kappa shape index (κ1) is 13.7. The molecule has 0 aliphatic heterocycles. The molecule has 6 heteroatoms. The highest BCUT2D eigenvalue weighted by Gasteiger charge is 2.22. The number of nitro groups is 1. The molecule has 0 aliphatic rings. The van der Waals surface area contributed by atoms with Crippen LogP contribution in [-0.2, 0) is 6.42 Å². The first-order valence-corrected chi connectivity index (χ1v) is 7.35. The zero-order valence-electron chi connectivity index (χ0n) is 11.1. The number of fused-ring (bicyclic) bond motifs is 1. The van der Waals surface area contributed by atoms with Crippen molar-refractivity contribution in [2.45, 2.75) is 12.5 Å². The third-order valence-corrected chi connectivity index (χ3v) is 4.20. The summed E-state index contributed by atoms with van der Waals surface area (Å²) < 4.78 is 0.818. The van der Waals surface area contributed by atoms with E-state index in [2.05, 4.69) is 4.98 Å². The quantitative estimate of drug-likeness (QED) is 0.591. The molecule has 1 heterocycles. The lowest BCUT2D eigenvalue weighted by Crippen LogP contribution is -2.14. The summed E-state index contributed by atoms with van der Waals surface area (Å²) >= 11 is 1.40. The summed E-state index contributed by atoms with van der Waals surface area (Å²) in [4.78, 5) is 15.1. The number of nitro benzene ring substituents is 1. The van der Waals surface area contributed by atoms with Gasteiger partial charge >= 0.3 is 0 Å². The topological polar surface area (TPSA) is 82.0 Å². The molecule has 1 unspecified atom stereocenters. The second-order valence-corrected chi connectivity index (χ2v) is 5.64. The van der Waals surface area contributed by atoms with Gasteiger partial charge in [0.15, 0.2) is 5.52 Å². The lowest BCUT2D eigenvalue weighted by molar-refractivity contribution is -0.383. The zero-order chi connectivity index (χ0) is 14.8. The minimum atomic E-state index is -0.366. The van der Waals surface area contributed by atoms with Gasteiger partial charge in [0.05, 0.1) is 15.1 Å². The highest BCUT2D eigenvalue weighted by Crippen LogP contribution is 2.32.